The van der Waals surface area contributed by atoms with E-state index in [2.05, 4.69) is 24.1 Å². The van der Waals surface area contributed by atoms with E-state index in [9.17, 15) is 0 Å². The summed E-state index contributed by atoms with van der Waals surface area (Å²) in [6.07, 6.45) is 6.10. The van der Waals surface area contributed by atoms with E-state index in [0.29, 0.717) is 0 Å². The molecule has 1 heterocycles. The number of pyridine rings is 1. The molecular weight excluding hydrogens is 174 g/mol. The molecule has 2 rings (SSSR count). The summed E-state index contributed by atoms with van der Waals surface area (Å²) in [4.78, 5) is 3.97. The van der Waals surface area contributed by atoms with Crippen molar-refractivity contribution >= 4 is 11.4 Å². The van der Waals surface area contributed by atoms with Crippen molar-refractivity contribution in [1.29, 1.82) is 0 Å². The maximum absolute atomic E-state index is 5.82. The molecular formula is C11H17N3. The number of aromatic nitrogens is 1. The Labute approximate surface area is 84.7 Å². The van der Waals surface area contributed by atoms with Gasteiger partial charge in [0, 0.05) is 11.7 Å². The highest BCUT2D eigenvalue weighted by molar-refractivity contribution is 5.65. The van der Waals surface area contributed by atoms with Gasteiger partial charge in [-0.05, 0) is 38.7 Å². The summed E-state index contributed by atoms with van der Waals surface area (Å²) in [5, 5.41) is 3.48. The lowest BCUT2D eigenvalue weighted by Crippen LogP contribution is -2.33. The summed E-state index contributed by atoms with van der Waals surface area (Å²) in [6, 6.07) is 1.93. The summed E-state index contributed by atoms with van der Waals surface area (Å²) in [6.45, 7) is 4.45. The van der Waals surface area contributed by atoms with Gasteiger partial charge >= 0.3 is 0 Å². The summed E-state index contributed by atoms with van der Waals surface area (Å²) in [7, 11) is 0. The van der Waals surface area contributed by atoms with Gasteiger partial charge in [0.05, 0.1) is 17.6 Å². The van der Waals surface area contributed by atoms with E-state index in [0.717, 1.165) is 17.3 Å². The zero-order valence-corrected chi connectivity index (χ0v) is 8.75. The van der Waals surface area contributed by atoms with Crippen LogP contribution in [-0.4, -0.2) is 10.5 Å². The van der Waals surface area contributed by atoms with Crippen LogP contribution in [0.3, 0.4) is 0 Å². The highest BCUT2D eigenvalue weighted by Crippen LogP contribution is 2.41. The molecule has 1 aromatic rings. The average Bonchev–Trinajstić information content (AvgIpc) is 2.91. The van der Waals surface area contributed by atoms with Crippen molar-refractivity contribution in [1.82, 2.24) is 4.98 Å². The van der Waals surface area contributed by atoms with E-state index in [-0.39, 0.29) is 5.54 Å². The van der Waals surface area contributed by atoms with Gasteiger partial charge in [-0.1, -0.05) is 0 Å². The Balaban J connectivity index is 2.13. The predicted octanol–water partition coefficient (Wildman–Crippen LogP) is 2.26. The molecule has 0 spiro atoms. The molecule has 0 aliphatic heterocycles. The minimum absolute atomic E-state index is 0.148. The van der Waals surface area contributed by atoms with Crippen molar-refractivity contribution in [2.24, 2.45) is 5.92 Å². The van der Waals surface area contributed by atoms with Crippen LogP contribution >= 0.6 is 0 Å². The van der Waals surface area contributed by atoms with Crippen LogP contribution in [0, 0.1) is 5.92 Å². The third-order valence-corrected chi connectivity index (χ3v) is 2.91. The normalized spacial score (nSPS) is 16.7. The monoisotopic (exact) mass is 191 g/mol. The zero-order chi connectivity index (χ0) is 10.2. The van der Waals surface area contributed by atoms with E-state index in [1.54, 1.807) is 12.4 Å². The molecule has 0 unspecified atom stereocenters. The molecule has 3 heteroatoms. The first-order valence-electron chi connectivity index (χ1n) is 5.07. The maximum atomic E-state index is 5.82. The summed E-state index contributed by atoms with van der Waals surface area (Å²) in [5.74, 6) is 0.787. The van der Waals surface area contributed by atoms with Gasteiger partial charge in [0.1, 0.15) is 0 Å². The largest absolute Gasteiger partial charge is 0.396 e. The number of nitrogens with two attached hydrogens (primary N) is 1. The lowest BCUT2D eigenvalue weighted by atomic mass is 9.98. The molecule has 0 radical (unpaired) electrons. The number of nitrogens with zero attached hydrogens (tertiary/aromatic N) is 1. The van der Waals surface area contributed by atoms with Crippen LogP contribution in [0.25, 0.3) is 0 Å². The zero-order valence-electron chi connectivity index (χ0n) is 8.75. The second-order valence-electron chi connectivity index (χ2n) is 4.58. The fraction of sp³-hybridized carbons (Fsp3) is 0.545. The van der Waals surface area contributed by atoms with Crippen molar-refractivity contribution in [3.63, 3.8) is 0 Å². The Hall–Kier alpha value is -1.25. The molecule has 0 aromatic carbocycles. The van der Waals surface area contributed by atoms with Crippen molar-refractivity contribution in [3.8, 4) is 0 Å². The fourth-order valence-electron chi connectivity index (χ4n) is 1.77. The molecule has 0 atom stereocenters. The smallest absolute Gasteiger partial charge is 0.0736 e. The Bertz CT molecular complexity index is 329. The van der Waals surface area contributed by atoms with E-state index >= 15 is 0 Å². The molecule has 0 saturated heterocycles. The number of rotatable bonds is 3. The van der Waals surface area contributed by atoms with Crippen molar-refractivity contribution in [2.75, 3.05) is 11.1 Å². The highest BCUT2D eigenvalue weighted by Gasteiger charge is 2.37. The van der Waals surface area contributed by atoms with Crippen molar-refractivity contribution < 1.29 is 0 Å². The van der Waals surface area contributed by atoms with E-state index in [1.165, 1.54) is 12.8 Å². The van der Waals surface area contributed by atoms with Crippen molar-refractivity contribution in [3.05, 3.63) is 18.5 Å². The van der Waals surface area contributed by atoms with Crippen LogP contribution in [0.2, 0.25) is 0 Å². The summed E-state index contributed by atoms with van der Waals surface area (Å²) >= 11 is 0. The number of anilines is 2. The van der Waals surface area contributed by atoms with Crippen LogP contribution < -0.4 is 11.1 Å². The average molecular weight is 191 g/mol. The van der Waals surface area contributed by atoms with Gasteiger partial charge in [0.15, 0.2) is 0 Å². The van der Waals surface area contributed by atoms with Gasteiger partial charge in [0.2, 0.25) is 0 Å². The van der Waals surface area contributed by atoms with E-state index in [1.807, 2.05) is 6.07 Å². The maximum Gasteiger partial charge on any atom is 0.0736 e. The third-order valence-electron chi connectivity index (χ3n) is 2.91. The SMILES string of the molecule is CC(C)(Nc1ccncc1N)C1CC1. The Morgan fingerprint density at radius 2 is 2.21 bits per heavy atom. The van der Waals surface area contributed by atoms with Gasteiger partial charge in [-0.2, -0.15) is 0 Å². The van der Waals surface area contributed by atoms with E-state index in [4.69, 9.17) is 5.73 Å². The molecule has 1 saturated carbocycles. The lowest BCUT2D eigenvalue weighted by molar-refractivity contribution is 0.495. The topological polar surface area (TPSA) is 50.9 Å². The van der Waals surface area contributed by atoms with Crippen LogP contribution in [-0.2, 0) is 0 Å². The van der Waals surface area contributed by atoms with Crippen LogP contribution in [0.15, 0.2) is 18.5 Å². The molecule has 1 aliphatic rings. The fourth-order valence-corrected chi connectivity index (χ4v) is 1.77. The van der Waals surface area contributed by atoms with Gasteiger partial charge in [-0.3, -0.25) is 4.98 Å². The minimum atomic E-state index is 0.148. The predicted molar refractivity (Wildman–Crippen MR) is 59.1 cm³/mol. The molecule has 1 aromatic heterocycles. The van der Waals surface area contributed by atoms with Crippen LogP contribution in [0.1, 0.15) is 26.7 Å². The standard InChI is InChI=1S/C11H17N3/c1-11(2,8-3-4-8)14-10-5-6-13-7-9(10)12/h5-8H,3-4,12H2,1-2H3,(H,13,14). The van der Waals surface area contributed by atoms with Gasteiger partial charge < -0.3 is 11.1 Å². The molecule has 1 fully saturated rings. The van der Waals surface area contributed by atoms with Crippen LogP contribution in [0.4, 0.5) is 11.4 Å². The second-order valence-corrected chi connectivity index (χ2v) is 4.58. The number of hydrogen-bond acceptors (Lipinski definition) is 3. The number of nitrogens with one attached hydrogen (secondary N) is 1. The molecule has 0 bridgehead atoms. The Morgan fingerprint density at radius 3 is 2.79 bits per heavy atom. The summed E-state index contributed by atoms with van der Waals surface area (Å²) < 4.78 is 0. The Morgan fingerprint density at radius 1 is 1.50 bits per heavy atom. The Kier molecular flexibility index (Phi) is 2.10. The summed E-state index contributed by atoms with van der Waals surface area (Å²) in [5.41, 5.74) is 7.69. The molecule has 3 N–H and O–H groups in total. The third kappa shape index (κ3) is 1.81. The molecule has 3 nitrogen and oxygen atoms in total. The number of nitrogen functional groups attached to an aromatic ring is 1. The van der Waals surface area contributed by atoms with Gasteiger partial charge in [-0.15, -0.1) is 0 Å². The van der Waals surface area contributed by atoms with Crippen molar-refractivity contribution in [2.45, 2.75) is 32.2 Å². The lowest BCUT2D eigenvalue weighted by Gasteiger charge is -2.28. The first kappa shape index (κ1) is 9.31. The molecule has 1 aliphatic carbocycles. The molecule has 14 heavy (non-hydrogen) atoms. The van der Waals surface area contributed by atoms with Gasteiger partial charge in [0.25, 0.3) is 0 Å². The van der Waals surface area contributed by atoms with Gasteiger partial charge in [-0.25, -0.2) is 0 Å². The minimum Gasteiger partial charge on any atom is -0.396 e. The first-order valence-corrected chi connectivity index (χ1v) is 5.07. The molecule has 76 valence electrons. The number of hydrogen-bond donors (Lipinski definition) is 2. The highest BCUT2D eigenvalue weighted by atomic mass is 15.0. The van der Waals surface area contributed by atoms with E-state index < -0.39 is 0 Å². The second kappa shape index (κ2) is 3.15. The molecule has 0 amide bonds. The quantitative estimate of drug-likeness (QED) is 0.770. The van der Waals surface area contributed by atoms with Crippen LogP contribution in [0.5, 0.6) is 0 Å². The first-order chi connectivity index (χ1) is 6.59.